The molecular formula is C11H13NO2. The molecule has 0 atom stereocenters. The van der Waals surface area contributed by atoms with Gasteiger partial charge in [-0.25, -0.2) is 0 Å². The highest BCUT2D eigenvalue weighted by Gasteiger charge is 2.08. The minimum Gasteiger partial charge on any atom is -0.503 e. The molecule has 0 saturated heterocycles. The summed E-state index contributed by atoms with van der Waals surface area (Å²) in [5, 5.41) is 9.41. The van der Waals surface area contributed by atoms with Gasteiger partial charge in [0.25, 0.3) is 5.91 Å². The van der Waals surface area contributed by atoms with Gasteiger partial charge in [-0.3, -0.25) is 4.79 Å². The second-order valence-electron chi connectivity index (χ2n) is 3.14. The largest absolute Gasteiger partial charge is 0.503 e. The predicted molar refractivity (Wildman–Crippen MR) is 55.7 cm³/mol. The van der Waals surface area contributed by atoms with E-state index in [1.807, 2.05) is 30.3 Å². The standard InChI is InChI=1S/C11H13NO2/c1-12(2)11(14)10(13)8-9-6-4-3-5-7-9/h3-8,13H,1-2H3. The van der Waals surface area contributed by atoms with Crippen molar-refractivity contribution in [2.75, 3.05) is 14.1 Å². The predicted octanol–water partition coefficient (Wildman–Crippen LogP) is 1.67. The molecular weight excluding hydrogens is 178 g/mol. The smallest absolute Gasteiger partial charge is 0.288 e. The van der Waals surface area contributed by atoms with Crippen molar-refractivity contribution >= 4 is 12.0 Å². The Kier molecular flexibility index (Phi) is 3.29. The van der Waals surface area contributed by atoms with Gasteiger partial charge in [0, 0.05) is 14.1 Å². The molecule has 3 heteroatoms. The molecule has 1 aromatic rings. The molecule has 0 aliphatic heterocycles. The number of amides is 1. The van der Waals surface area contributed by atoms with Crippen molar-refractivity contribution in [1.82, 2.24) is 4.90 Å². The molecule has 1 N–H and O–H groups in total. The molecule has 0 bridgehead atoms. The van der Waals surface area contributed by atoms with E-state index in [1.54, 1.807) is 14.1 Å². The molecule has 0 spiro atoms. The lowest BCUT2D eigenvalue weighted by Crippen LogP contribution is -2.23. The van der Waals surface area contributed by atoms with Crippen molar-refractivity contribution in [2.45, 2.75) is 0 Å². The maximum Gasteiger partial charge on any atom is 0.288 e. The van der Waals surface area contributed by atoms with Crippen molar-refractivity contribution in [3.63, 3.8) is 0 Å². The molecule has 14 heavy (non-hydrogen) atoms. The number of carbonyl (C=O) groups is 1. The van der Waals surface area contributed by atoms with Crippen LogP contribution in [0.2, 0.25) is 0 Å². The average Bonchev–Trinajstić information content (AvgIpc) is 2.18. The lowest BCUT2D eigenvalue weighted by molar-refractivity contribution is -0.127. The van der Waals surface area contributed by atoms with Crippen LogP contribution in [0.15, 0.2) is 36.1 Å². The van der Waals surface area contributed by atoms with Gasteiger partial charge in [0.2, 0.25) is 0 Å². The van der Waals surface area contributed by atoms with E-state index >= 15 is 0 Å². The molecule has 1 amide bonds. The number of aliphatic hydroxyl groups excluding tert-OH is 1. The summed E-state index contributed by atoms with van der Waals surface area (Å²) in [4.78, 5) is 12.6. The summed E-state index contributed by atoms with van der Waals surface area (Å²) in [5.41, 5.74) is 0.806. The second kappa shape index (κ2) is 4.46. The van der Waals surface area contributed by atoms with E-state index < -0.39 is 5.91 Å². The Labute approximate surface area is 83.3 Å². The first-order valence-electron chi connectivity index (χ1n) is 4.28. The van der Waals surface area contributed by atoms with E-state index in [0.29, 0.717) is 0 Å². The Balaban J connectivity index is 2.84. The fraction of sp³-hybridized carbons (Fsp3) is 0.182. The number of nitrogens with zero attached hydrogens (tertiary/aromatic N) is 1. The van der Waals surface area contributed by atoms with Gasteiger partial charge in [0.1, 0.15) is 0 Å². The van der Waals surface area contributed by atoms with Crippen LogP contribution >= 0.6 is 0 Å². The molecule has 0 saturated carbocycles. The summed E-state index contributed by atoms with van der Waals surface area (Å²) >= 11 is 0. The Bertz CT molecular complexity index is 342. The number of aliphatic hydroxyl groups is 1. The lowest BCUT2D eigenvalue weighted by Gasteiger charge is -2.08. The molecule has 0 aliphatic rings. The molecule has 1 aromatic carbocycles. The summed E-state index contributed by atoms with van der Waals surface area (Å²) in [6, 6.07) is 9.21. The molecule has 0 unspecified atom stereocenters. The van der Waals surface area contributed by atoms with Crippen LogP contribution in [-0.2, 0) is 4.79 Å². The minimum atomic E-state index is -0.395. The normalized spacial score (nSPS) is 11.1. The Hall–Kier alpha value is -1.77. The quantitative estimate of drug-likeness (QED) is 0.570. The van der Waals surface area contributed by atoms with Crippen LogP contribution in [0.3, 0.4) is 0 Å². The first-order chi connectivity index (χ1) is 6.61. The van der Waals surface area contributed by atoms with Gasteiger partial charge in [-0.15, -0.1) is 0 Å². The Morgan fingerprint density at radius 1 is 1.29 bits per heavy atom. The monoisotopic (exact) mass is 191 g/mol. The van der Waals surface area contributed by atoms with Crippen LogP contribution in [0.4, 0.5) is 0 Å². The van der Waals surface area contributed by atoms with E-state index in [2.05, 4.69) is 0 Å². The van der Waals surface area contributed by atoms with E-state index in [0.717, 1.165) is 5.56 Å². The van der Waals surface area contributed by atoms with Gasteiger partial charge in [-0.2, -0.15) is 0 Å². The number of carbonyl (C=O) groups excluding carboxylic acids is 1. The van der Waals surface area contributed by atoms with Crippen LogP contribution in [0.1, 0.15) is 5.56 Å². The van der Waals surface area contributed by atoms with Crippen molar-refractivity contribution < 1.29 is 9.90 Å². The number of hydrogen-bond acceptors (Lipinski definition) is 2. The molecule has 0 radical (unpaired) electrons. The van der Waals surface area contributed by atoms with E-state index in [-0.39, 0.29) is 5.76 Å². The van der Waals surface area contributed by atoms with Gasteiger partial charge in [-0.1, -0.05) is 30.3 Å². The highest BCUT2D eigenvalue weighted by atomic mass is 16.3. The summed E-state index contributed by atoms with van der Waals surface area (Å²) in [6.45, 7) is 0. The summed E-state index contributed by atoms with van der Waals surface area (Å²) in [6.07, 6.45) is 1.45. The first kappa shape index (κ1) is 10.3. The molecule has 0 fully saturated rings. The van der Waals surface area contributed by atoms with Crippen molar-refractivity contribution in [2.24, 2.45) is 0 Å². The van der Waals surface area contributed by atoms with Crippen LogP contribution < -0.4 is 0 Å². The fourth-order valence-corrected chi connectivity index (χ4v) is 0.998. The van der Waals surface area contributed by atoms with Gasteiger partial charge in [0.15, 0.2) is 5.76 Å². The molecule has 0 aromatic heterocycles. The van der Waals surface area contributed by atoms with E-state index in [1.165, 1.54) is 11.0 Å². The van der Waals surface area contributed by atoms with Crippen molar-refractivity contribution in [3.8, 4) is 0 Å². The fourth-order valence-electron chi connectivity index (χ4n) is 0.998. The summed E-state index contributed by atoms with van der Waals surface area (Å²) in [5.74, 6) is -0.643. The molecule has 1 rings (SSSR count). The van der Waals surface area contributed by atoms with Crippen LogP contribution in [-0.4, -0.2) is 30.0 Å². The third kappa shape index (κ3) is 2.62. The van der Waals surface area contributed by atoms with Crippen LogP contribution in [0, 0.1) is 0 Å². The Morgan fingerprint density at radius 2 is 1.86 bits per heavy atom. The maximum absolute atomic E-state index is 11.3. The van der Waals surface area contributed by atoms with Gasteiger partial charge < -0.3 is 10.0 Å². The number of rotatable bonds is 2. The third-order valence-electron chi connectivity index (χ3n) is 1.73. The molecule has 3 nitrogen and oxygen atoms in total. The zero-order valence-corrected chi connectivity index (χ0v) is 8.27. The van der Waals surface area contributed by atoms with Gasteiger partial charge >= 0.3 is 0 Å². The highest BCUT2D eigenvalue weighted by molar-refractivity contribution is 5.94. The van der Waals surface area contributed by atoms with Crippen molar-refractivity contribution in [3.05, 3.63) is 41.7 Å². The molecule has 0 heterocycles. The topological polar surface area (TPSA) is 40.5 Å². The highest BCUT2D eigenvalue weighted by Crippen LogP contribution is 2.05. The molecule has 0 aliphatic carbocycles. The summed E-state index contributed by atoms with van der Waals surface area (Å²) in [7, 11) is 3.19. The number of hydrogen-bond donors (Lipinski definition) is 1. The first-order valence-corrected chi connectivity index (χ1v) is 4.28. The van der Waals surface area contributed by atoms with Crippen LogP contribution in [0.5, 0.6) is 0 Å². The average molecular weight is 191 g/mol. The Morgan fingerprint density at radius 3 is 2.36 bits per heavy atom. The van der Waals surface area contributed by atoms with Gasteiger partial charge in [-0.05, 0) is 11.6 Å². The second-order valence-corrected chi connectivity index (χ2v) is 3.14. The zero-order valence-electron chi connectivity index (χ0n) is 8.27. The third-order valence-corrected chi connectivity index (χ3v) is 1.73. The zero-order chi connectivity index (χ0) is 10.6. The van der Waals surface area contributed by atoms with Gasteiger partial charge in [0.05, 0.1) is 0 Å². The van der Waals surface area contributed by atoms with Crippen LogP contribution in [0.25, 0.3) is 6.08 Å². The van der Waals surface area contributed by atoms with Crippen molar-refractivity contribution in [1.29, 1.82) is 0 Å². The minimum absolute atomic E-state index is 0.249. The molecule has 74 valence electrons. The maximum atomic E-state index is 11.3. The lowest BCUT2D eigenvalue weighted by atomic mass is 10.2. The number of likely N-dealkylation sites (N-methyl/N-ethyl adjacent to an activating group) is 1. The van der Waals surface area contributed by atoms with E-state index in [9.17, 15) is 9.90 Å². The summed E-state index contributed by atoms with van der Waals surface area (Å²) < 4.78 is 0. The number of benzene rings is 1. The SMILES string of the molecule is CN(C)C(=O)C(O)=Cc1ccccc1. The van der Waals surface area contributed by atoms with E-state index in [4.69, 9.17) is 0 Å².